The van der Waals surface area contributed by atoms with E-state index in [1.54, 1.807) is 6.07 Å². The second-order valence-electron chi connectivity index (χ2n) is 11.1. The normalized spacial score (nSPS) is 22.1. The Kier molecular flexibility index (Phi) is 6.54. The van der Waals surface area contributed by atoms with E-state index in [0.29, 0.717) is 12.4 Å². The van der Waals surface area contributed by atoms with Gasteiger partial charge in [0.05, 0.1) is 12.5 Å². The Labute approximate surface area is 204 Å². The fourth-order valence-electron chi connectivity index (χ4n) is 5.48. The van der Waals surface area contributed by atoms with Crippen LogP contribution in [-0.4, -0.2) is 19.9 Å². The molecule has 0 aromatic heterocycles. The van der Waals surface area contributed by atoms with Gasteiger partial charge < -0.3 is 14.2 Å². The van der Waals surface area contributed by atoms with Crippen molar-refractivity contribution in [2.75, 3.05) is 13.7 Å². The molecule has 2 aromatic carbocycles. The van der Waals surface area contributed by atoms with Crippen LogP contribution in [-0.2, 0) is 21.0 Å². The molecule has 2 aliphatic rings. The van der Waals surface area contributed by atoms with Gasteiger partial charge in [-0.25, -0.2) is 4.79 Å². The lowest BCUT2D eigenvalue weighted by molar-refractivity contribution is 0.121. The molecule has 182 valence electrons. The molecule has 4 nitrogen and oxygen atoms in total. The van der Waals surface area contributed by atoms with Crippen LogP contribution in [0.3, 0.4) is 0 Å². The minimum Gasteiger partial charge on any atom is -0.492 e. The first-order valence-corrected chi connectivity index (χ1v) is 12.5. The van der Waals surface area contributed by atoms with E-state index in [0.717, 1.165) is 30.6 Å². The number of hydrogen-bond donors (Lipinski definition) is 0. The lowest BCUT2D eigenvalue weighted by Gasteiger charge is -2.43. The number of carbonyl (C=O) groups excluding carboxylic acids is 1. The number of rotatable bonds is 6. The second-order valence-corrected chi connectivity index (χ2v) is 11.1. The van der Waals surface area contributed by atoms with Crippen molar-refractivity contribution in [1.29, 1.82) is 0 Å². The average molecular weight is 463 g/mol. The molecule has 0 bridgehead atoms. The van der Waals surface area contributed by atoms with E-state index in [1.165, 1.54) is 36.6 Å². The van der Waals surface area contributed by atoms with Gasteiger partial charge in [0, 0.05) is 11.6 Å². The summed E-state index contributed by atoms with van der Waals surface area (Å²) in [6.07, 6.45) is 9.29. The third kappa shape index (κ3) is 4.35. The van der Waals surface area contributed by atoms with Crippen molar-refractivity contribution < 1.29 is 19.0 Å². The van der Waals surface area contributed by atoms with Crippen molar-refractivity contribution in [3.05, 3.63) is 70.8 Å². The monoisotopic (exact) mass is 462 g/mol. The van der Waals surface area contributed by atoms with Crippen LogP contribution in [0.25, 0.3) is 0 Å². The molecule has 0 saturated carbocycles. The van der Waals surface area contributed by atoms with Gasteiger partial charge in [-0.05, 0) is 59.3 Å². The van der Waals surface area contributed by atoms with Crippen molar-refractivity contribution >= 4 is 6.16 Å². The van der Waals surface area contributed by atoms with E-state index in [-0.39, 0.29) is 16.2 Å². The molecule has 1 unspecified atom stereocenters. The second kappa shape index (κ2) is 9.13. The number of hydrogen-bond acceptors (Lipinski definition) is 4. The summed E-state index contributed by atoms with van der Waals surface area (Å²) in [6.45, 7) is 12.2. The van der Waals surface area contributed by atoms with Crippen LogP contribution in [0.4, 0.5) is 4.79 Å². The molecule has 1 aliphatic carbocycles. The summed E-state index contributed by atoms with van der Waals surface area (Å²) in [5.41, 5.74) is 5.39. The van der Waals surface area contributed by atoms with Gasteiger partial charge in [-0.3, -0.25) is 0 Å². The molecule has 34 heavy (non-hydrogen) atoms. The molecule has 1 atom stereocenters. The molecule has 0 saturated heterocycles. The van der Waals surface area contributed by atoms with Crippen molar-refractivity contribution in [1.82, 2.24) is 0 Å². The number of benzene rings is 2. The molecule has 0 spiro atoms. The molecular weight excluding hydrogens is 424 g/mol. The Balaban J connectivity index is 1.81. The van der Waals surface area contributed by atoms with Crippen LogP contribution in [0.1, 0.15) is 89.0 Å². The zero-order valence-corrected chi connectivity index (χ0v) is 21.5. The summed E-state index contributed by atoms with van der Waals surface area (Å²) >= 11 is 0. The molecule has 1 aliphatic heterocycles. The van der Waals surface area contributed by atoms with E-state index >= 15 is 0 Å². The number of unbranched alkanes of at least 4 members (excludes halogenated alkanes) is 1. The highest BCUT2D eigenvalue weighted by molar-refractivity contribution is 5.65. The Morgan fingerprint density at radius 1 is 0.971 bits per heavy atom. The summed E-state index contributed by atoms with van der Waals surface area (Å²) < 4.78 is 16.1. The van der Waals surface area contributed by atoms with Gasteiger partial charge in [0.2, 0.25) is 0 Å². The Morgan fingerprint density at radius 2 is 1.68 bits per heavy atom. The smallest absolute Gasteiger partial charge is 0.492 e. The fourth-order valence-corrected chi connectivity index (χ4v) is 5.48. The molecule has 0 N–H and O–H groups in total. The molecule has 4 heteroatoms. The SMILES string of the molecule is CCCC=CCC1(c2ccc3c(c2)C(C)(C)CCC3(C)C)COc2cc(OC(=O)OC)ccc21. The zero-order chi connectivity index (χ0) is 24.6. The highest BCUT2D eigenvalue weighted by Crippen LogP contribution is 2.51. The predicted octanol–water partition coefficient (Wildman–Crippen LogP) is 7.61. The number of fused-ring (bicyclic) bond motifs is 2. The molecule has 2 aromatic rings. The first-order chi connectivity index (χ1) is 16.1. The third-order valence-corrected chi connectivity index (χ3v) is 7.80. The van der Waals surface area contributed by atoms with Crippen LogP contribution >= 0.6 is 0 Å². The van der Waals surface area contributed by atoms with Crippen LogP contribution in [0.2, 0.25) is 0 Å². The lowest BCUT2D eigenvalue weighted by Crippen LogP contribution is -2.35. The van der Waals surface area contributed by atoms with E-state index in [1.807, 2.05) is 12.1 Å². The third-order valence-electron chi connectivity index (χ3n) is 7.80. The predicted molar refractivity (Wildman–Crippen MR) is 136 cm³/mol. The minimum absolute atomic E-state index is 0.139. The van der Waals surface area contributed by atoms with Crippen LogP contribution < -0.4 is 9.47 Å². The van der Waals surface area contributed by atoms with Gasteiger partial charge in [0.25, 0.3) is 0 Å². The first kappa shape index (κ1) is 24.4. The lowest BCUT2D eigenvalue weighted by atomic mass is 9.61. The van der Waals surface area contributed by atoms with E-state index < -0.39 is 6.16 Å². The molecule has 4 rings (SSSR count). The minimum atomic E-state index is -0.730. The van der Waals surface area contributed by atoms with Crippen molar-refractivity contribution in [2.24, 2.45) is 0 Å². The Morgan fingerprint density at radius 3 is 2.38 bits per heavy atom. The molecular formula is C30H38O4. The molecule has 0 amide bonds. The van der Waals surface area contributed by atoms with Crippen molar-refractivity contribution in [3.63, 3.8) is 0 Å². The van der Waals surface area contributed by atoms with Crippen molar-refractivity contribution in [3.8, 4) is 11.5 Å². The number of allylic oxidation sites excluding steroid dienone is 2. The molecule has 0 fully saturated rings. The highest BCUT2D eigenvalue weighted by atomic mass is 16.7. The molecule has 0 radical (unpaired) electrons. The highest BCUT2D eigenvalue weighted by Gasteiger charge is 2.44. The summed E-state index contributed by atoms with van der Waals surface area (Å²) in [5, 5.41) is 0. The Bertz CT molecular complexity index is 1090. The summed E-state index contributed by atoms with van der Waals surface area (Å²) in [7, 11) is 1.30. The van der Waals surface area contributed by atoms with Gasteiger partial charge >= 0.3 is 6.16 Å². The molecule has 1 heterocycles. The maximum Gasteiger partial charge on any atom is 0.513 e. The quantitative estimate of drug-likeness (QED) is 0.252. The fraction of sp³-hybridized carbons (Fsp3) is 0.500. The van der Waals surface area contributed by atoms with E-state index in [2.05, 4.69) is 69.7 Å². The summed E-state index contributed by atoms with van der Waals surface area (Å²) in [4.78, 5) is 11.6. The Hall–Kier alpha value is -2.75. The first-order valence-electron chi connectivity index (χ1n) is 12.5. The van der Waals surface area contributed by atoms with Gasteiger partial charge in [-0.15, -0.1) is 0 Å². The van der Waals surface area contributed by atoms with Gasteiger partial charge in [-0.2, -0.15) is 0 Å². The van der Waals surface area contributed by atoms with E-state index in [4.69, 9.17) is 9.47 Å². The number of methoxy groups -OCH3 is 1. The largest absolute Gasteiger partial charge is 0.513 e. The number of ether oxygens (including phenoxy) is 3. The van der Waals surface area contributed by atoms with Gasteiger partial charge in [0.1, 0.15) is 18.1 Å². The zero-order valence-electron chi connectivity index (χ0n) is 21.5. The topological polar surface area (TPSA) is 44.8 Å². The number of carbonyl (C=O) groups is 1. The average Bonchev–Trinajstić information content (AvgIpc) is 3.18. The summed E-state index contributed by atoms with van der Waals surface area (Å²) in [5.74, 6) is 1.19. The standard InChI is InChI=1S/C30H38O4/c1-7-8-9-10-15-30(20-33-26-19-22(12-14-24(26)30)34-27(31)32-6)21-11-13-23-25(18-21)29(4,5)17-16-28(23,2)3/h9-14,18-19H,7-8,15-17,20H2,1-6H3. The van der Waals surface area contributed by atoms with Crippen LogP contribution in [0.5, 0.6) is 11.5 Å². The van der Waals surface area contributed by atoms with E-state index in [9.17, 15) is 4.79 Å². The van der Waals surface area contributed by atoms with Gasteiger partial charge in [-0.1, -0.05) is 77.5 Å². The summed E-state index contributed by atoms with van der Waals surface area (Å²) in [6, 6.07) is 12.8. The maximum atomic E-state index is 11.6. The van der Waals surface area contributed by atoms with Crippen LogP contribution in [0, 0.1) is 0 Å². The van der Waals surface area contributed by atoms with Crippen LogP contribution in [0.15, 0.2) is 48.6 Å². The maximum absolute atomic E-state index is 11.6. The van der Waals surface area contributed by atoms with Gasteiger partial charge in [0.15, 0.2) is 0 Å². The van der Waals surface area contributed by atoms with Crippen molar-refractivity contribution in [2.45, 2.75) is 83.0 Å².